The average molecular weight is 368 g/mol. The molecule has 0 aliphatic heterocycles. The molecule has 21 heavy (non-hydrogen) atoms. The maximum Gasteiger partial charge on any atom is 0.166 e. The van der Waals surface area contributed by atoms with Gasteiger partial charge in [0.2, 0.25) is 0 Å². The van der Waals surface area contributed by atoms with Crippen molar-refractivity contribution in [1.82, 2.24) is 4.57 Å². The van der Waals surface area contributed by atoms with Crippen LogP contribution in [0.2, 0.25) is 25.7 Å². The summed E-state index contributed by atoms with van der Waals surface area (Å²) in [5.74, 6) is 0. The van der Waals surface area contributed by atoms with Gasteiger partial charge in [-0.15, -0.1) is 0 Å². The molecule has 0 aliphatic rings. The molecule has 0 fully saturated rings. The molecule has 0 N–H and O–H groups in total. The fraction of sp³-hybridized carbons (Fsp3) is 0.438. The highest BCUT2D eigenvalue weighted by molar-refractivity contribution is 9.10. The Morgan fingerprint density at radius 2 is 2.00 bits per heavy atom. The van der Waals surface area contributed by atoms with Crippen LogP contribution in [0.25, 0.3) is 10.9 Å². The zero-order chi connectivity index (χ0) is 15.6. The molecule has 1 aromatic heterocycles. The SMILES string of the molecule is Cn1c(C=O)cc2cc(Br)c(COCC[Si](C)(C)C)cc21. The lowest BCUT2D eigenvalue weighted by atomic mass is 10.2. The van der Waals surface area contributed by atoms with Crippen molar-refractivity contribution in [3.05, 3.63) is 33.9 Å². The predicted octanol–water partition coefficient (Wildman–Crippen LogP) is 4.61. The molecular weight excluding hydrogens is 346 g/mol. The first kappa shape index (κ1) is 16.5. The third-order valence-electron chi connectivity index (χ3n) is 3.62. The van der Waals surface area contributed by atoms with Crippen molar-refractivity contribution >= 4 is 41.2 Å². The lowest BCUT2D eigenvalue weighted by Gasteiger charge is -2.15. The maximum absolute atomic E-state index is 11.0. The molecule has 114 valence electrons. The number of carbonyl (C=O) groups excluding carboxylic acids is 1. The van der Waals surface area contributed by atoms with Gasteiger partial charge in [-0.25, -0.2) is 0 Å². The van der Waals surface area contributed by atoms with E-state index in [2.05, 4.69) is 47.7 Å². The van der Waals surface area contributed by atoms with E-state index in [4.69, 9.17) is 4.74 Å². The summed E-state index contributed by atoms with van der Waals surface area (Å²) in [6.07, 6.45) is 0.887. The lowest BCUT2D eigenvalue weighted by Crippen LogP contribution is -2.21. The number of aryl methyl sites for hydroxylation is 1. The second kappa shape index (κ2) is 6.46. The van der Waals surface area contributed by atoms with Crippen LogP contribution in [0.3, 0.4) is 0 Å². The number of hydrogen-bond donors (Lipinski definition) is 0. The first-order valence-electron chi connectivity index (χ1n) is 7.12. The highest BCUT2D eigenvalue weighted by Crippen LogP contribution is 2.27. The van der Waals surface area contributed by atoms with Crippen molar-refractivity contribution in [2.45, 2.75) is 32.3 Å². The maximum atomic E-state index is 11.0. The van der Waals surface area contributed by atoms with Crippen LogP contribution in [0, 0.1) is 0 Å². The van der Waals surface area contributed by atoms with E-state index >= 15 is 0 Å². The monoisotopic (exact) mass is 367 g/mol. The molecule has 1 heterocycles. The Hall–Kier alpha value is -0.913. The lowest BCUT2D eigenvalue weighted by molar-refractivity contribution is 0.111. The number of aromatic nitrogens is 1. The Balaban J connectivity index is 2.15. The van der Waals surface area contributed by atoms with Crippen LogP contribution >= 0.6 is 15.9 Å². The molecule has 1 aromatic carbocycles. The van der Waals surface area contributed by atoms with Crippen LogP contribution in [0.4, 0.5) is 0 Å². The van der Waals surface area contributed by atoms with Crippen LogP contribution in [-0.2, 0) is 18.4 Å². The molecule has 0 amide bonds. The van der Waals surface area contributed by atoms with Gasteiger partial charge >= 0.3 is 0 Å². The van der Waals surface area contributed by atoms with Crippen molar-refractivity contribution in [3.63, 3.8) is 0 Å². The summed E-state index contributed by atoms with van der Waals surface area (Å²) in [5.41, 5.74) is 2.87. The Kier molecular flexibility index (Phi) is 5.06. The van der Waals surface area contributed by atoms with E-state index in [-0.39, 0.29) is 0 Å². The summed E-state index contributed by atoms with van der Waals surface area (Å²) < 4.78 is 8.77. The van der Waals surface area contributed by atoms with Crippen molar-refractivity contribution < 1.29 is 9.53 Å². The van der Waals surface area contributed by atoms with Gasteiger partial charge in [0.1, 0.15) is 0 Å². The van der Waals surface area contributed by atoms with Gasteiger partial charge < -0.3 is 9.30 Å². The van der Waals surface area contributed by atoms with Crippen LogP contribution in [0.5, 0.6) is 0 Å². The van der Waals surface area contributed by atoms with Gasteiger partial charge in [0.05, 0.1) is 12.3 Å². The van der Waals surface area contributed by atoms with Gasteiger partial charge in [0.15, 0.2) is 6.29 Å². The number of rotatable bonds is 6. The van der Waals surface area contributed by atoms with Gasteiger partial charge in [-0.1, -0.05) is 35.6 Å². The van der Waals surface area contributed by atoms with Crippen molar-refractivity contribution in [3.8, 4) is 0 Å². The minimum Gasteiger partial charge on any atom is -0.377 e. The smallest absolute Gasteiger partial charge is 0.166 e. The first-order valence-corrected chi connectivity index (χ1v) is 11.6. The normalized spacial score (nSPS) is 12.0. The highest BCUT2D eigenvalue weighted by atomic mass is 79.9. The van der Waals surface area contributed by atoms with E-state index in [0.29, 0.717) is 12.3 Å². The van der Waals surface area contributed by atoms with Gasteiger partial charge in [0.25, 0.3) is 0 Å². The summed E-state index contributed by atoms with van der Waals surface area (Å²) in [7, 11) is 0.870. The fourth-order valence-electron chi connectivity index (χ4n) is 2.21. The molecule has 2 rings (SSSR count). The van der Waals surface area contributed by atoms with Crippen molar-refractivity contribution in [1.29, 1.82) is 0 Å². The van der Waals surface area contributed by atoms with E-state index < -0.39 is 8.07 Å². The number of aldehydes is 1. The second-order valence-electron chi connectivity index (χ2n) is 6.61. The van der Waals surface area contributed by atoms with Gasteiger partial charge in [-0.05, 0) is 29.8 Å². The van der Waals surface area contributed by atoms with E-state index in [1.807, 2.05) is 17.7 Å². The van der Waals surface area contributed by atoms with Gasteiger partial charge in [-0.3, -0.25) is 4.79 Å². The third-order valence-corrected chi connectivity index (χ3v) is 6.06. The van der Waals surface area contributed by atoms with Gasteiger partial charge in [0, 0.05) is 37.1 Å². The molecule has 5 heteroatoms. The number of nitrogens with zero attached hydrogens (tertiary/aromatic N) is 1. The molecule has 0 saturated carbocycles. The average Bonchev–Trinajstić information content (AvgIpc) is 2.70. The van der Waals surface area contributed by atoms with Crippen LogP contribution in [-0.4, -0.2) is 25.5 Å². The quantitative estimate of drug-likeness (QED) is 0.424. The number of hydrogen-bond acceptors (Lipinski definition) is 2. The van der Waals surface area contributed by atoms with E-state index in [9.17, 15) is 4.79 Å². The summed E-state index contributed by atoms with van der Waals surface area (Å²) in [6, 6.07) is 7.23. The minimum absolute atomic E-state index is 0.600. The van der Waals surface area contributed by atoms with Crippen LogP contribution in [0.1, 0.15) is 16.1 Å². The minimum atomic E-state index is -1.04. The first-order chi connectivity index (χ1) is 9.81. The van der Waals surface area contributed by atoms with E-state index in [1.165, 1.54) is 6.04 Å². The molecule has 0 atom stereocenters. The number of halogens is 1. The molecule has 0 spiro atoms. The zero-order valence-corrected chi connectivity index (χ0v) is 15.7. The molecule has 0 unspecified atom stereocenters. The molecule has 0 aliphatic carbocycles. The van der Waals surface area contributed by atoms with Crippen LogP contribution in [0.15, 0.2) is 22.7 Å². The van der Waals surface area contributed by atoms with E-state index in [0.717, 1.165) is 33.8 Å². The molecule has 3 nitrogen and oxygen atoms in total. The number of benzene rings is 1. The standard InChI is InChI=1S/C16H22BrNO2Si/c1-18-14(10-19)7-12-8-15(17)13(9-16(12)18)11-20-5-6-21(2,3)4/h7-10H,5-6,11H2,1-4H3. The number of ether oxygens (including phenoxy) is 1. The molecule has 0 saturated heterocycles. The Labute approximate surface area is 135 Å². The zero-order valence-electron chi connectivity index (χ0n) is 13.1. The molecule has 2 aromatic rings. The summed E-state index contributed by atoms with van der Waals surface area (Å²) >= 11 is 3.60. The number of carbonyl (C=O) groups is 1. The highest BCUT2D eigenvalue weighted by Gasteiger charge is 2.13. The Morgan fingerprint density at radius 1 is 1.29 bits per heavy atom. The van der Waals surface area contributed by atoms with Crippen LogP contribution < -0.4 is 0 Å². The Bertz CT molecular complexity index is 658. The van der Waals surface area contributed by atoms with Crippen molar-refractivity contribution in [2.75, 3.05) is 6.61 Å². The fourth-order valence-corrected chi connectivity index (χ4v) is 3.44. The molecule has 0 radical (unpaired) electrons. The molecule has 0 bridgehead atoms. The van der Waals surface area contributed by atoms with Gasteiger partial charge in [-0.2, -0.15) is 0 Å². The van der Waals surface area contributed by atoms with Crippen molar-refractivity contribution in [2.24, 2.45) is 7.05 Å². The molecular formula is C16H22BrNO2Si. The van der Waals surface area contributed by atoms with E-state index in [1.54, 1.807) is 0 Å². The summed E-state index contributed by atoms with van der Waals surface area (Å²) in [4.78, 5) is 11.0. The summed E-state index contributed by atoms with van der Waals surface area (Å²) in [5, 5.41) is 1.07. The largest absolute Gasteiger partial charge is 0.377 e. The summed E-state index contributed by atoms with van der Waals surface area (Å²) in [6.45, 7) is 8.46. The predicted molar refractivity (Wildman–Crippen MR) is 93.8 cm³/mol. The Morgan fingerprint density at radius 3 is 2.62 bits per heavy atom. The topological polar surface area (TPSA) is 31.2 Å². The second-order valence-corrected chi connectivity index (χ2v) is 13.1. The third kappa shape index (κ3) is 4.05. The number of fused-ring (bicyclic) bond motifs is 1.